The summed E-state index contributed by atoms with van der Waals surface area (Å²) in [5.41, 5.74) is 1.50. The molecule has 0 saturated carbocycles. The van der Waals surface area contributed by atoms with E-state index in [0.717, 1.165) is 11.8 Å². The lowest BCUT2D eigenvalue weighted by atomic mass is 10.1. The molecule has 5 heteroatoms. The van der Waals surface area contributed by atoms with Gasteiger partial charge in [-0.1, -0.05) is 6.07 Å². The van der Waals surface area contributed by atoms with Crippen LogP contribution in [0.15, 0.2) is 30.7 Å². The second-order valence-electron chi connectivity index (χ2n) is 5.15. The minimum atomic E-state index is -0.559. The van der Waals surface area contributed by atoms with Crippen LogP contribution in [0.25, 0.3) is 0 Å². The molecule has 0 aliphatic rings. The van der Waals surface area contributed by atoms with Gasteiger partial charge in [0.1, 0.15) is 11.6 Å². The largest absolute Gasteiger partial charge is 0.331 e. The number of imidazole rings is 1. The van der Waals surface area contributed by atoms with E-state index in [2.05, 4.69) is 28.7 Å². The third-order valence-corrected chi connectivity index (χ3v) is 3.32. The van der Waals surface area contributed by atoms with Crippen LogP contribution in [0.1, 0.15) is 44.1 Å². The Balaban J connectivity index is 2.05. The van der Waals surface area contributed by atoms with E-state index in [1.807, 2.05) is 6.92 Å². The highest BCUT2D eigenvalue weighted by Crippen LogP contribution is 2.18. The molecule has 0 aliphatic heterocycles. The summed E-state index contributed by atoms with van der Waals surface area (Å²) < 4.78 is 28.6. The number of hydrogen-bond donors (Lipinski definition) is 1. The molecule has 3 nitrogen and oxygen atoms in total. The first-order chi connectivity index (χ1) is 9.49. The summed E-state index contributed by atoms with van der Waals surface area (Å²) in [5, 5.41) is 3.23. The average Bonchev–Trinajstić information content (AvgIpc) is 2.84. The summed E-state index contributed by atoms with van der Waals surface area (Å²) in [6.07, 6.45) is 3.57. The van der Waals surface area contributed by atoms with E-state index in [-0.39, 0.29) is 6.04 Å². The molecule has 2 rings (SSSR count). The molecule has 1 aromatic carbocycles. The van der Waals surface area contributed by atoms with E-state index < -0.39 is 11.6 Å². The predicted octanol–water partition coefficient (Wildman–Crippen LogP) is 3.59. The molecule has 2 aromatic rings. The Labute approximate surface area is 117 Å². The smallest absolute Gasteiger partial charge is 0.130 e. The minimum absolute atomic E-state index is 0.203. The van der Waals surface area contributed by atoms with Gasteiger partial charge in [-0.15, -0.1) is 0 Å². The first-order valence-electron chi connectivity index (χ1n) is 6.68. The Morgan fingerprint density at radius 2 is 2.00 bits per heavy atom. The third-order valence-electron chi connectivity index (χ3n) is 3.32. The van der Waals surface area contributed by atoms with Gasteiger partial charge in [0.25, 0.3) is 0 Å². The number of nitrogens with zero attached hydrogens (tertiary/aromatic N) is 2. The highest BCUT2D eigenvalue weighted by Gasteiger charge is 2.12. The van der Waals surface area contributed by atoms with Gasteiger partial charge in [0.2, 0.25) is 0 Å². The highest BCUT2D eigenvalue weighted by atomic mass is 19.1. The van der Waals surface area contributed by atoms with Gasteiger partial charge in [-0.2, -0.15) is 0 Å². The van der Waals surface area contributed by atoms with Crippen molar-refractivity contribution in [3.63, 3.8) is 0 Å². The van der Waals surface area contributed by atoms with Crippen LogP contribution in [-0.4, -0.2) is 9.55 Å². The van der Waals surface area contributed by atoms with E-state index >= 15 is 0 Å². The quantitative estimate of drug-likeness (QED) is 0.906. The van der Waals surface area contributed by atoms with Crippen LogP contribution in [0.5, 0.6) is 0 Å². The lowest BCUT2D eigenvalue weighted by molar-refractivity contribution is 0.495. The van der Waals surface area contributed by atoms with Crippen molar-refractivity contribution in [2.45, 2.75) is 39.4 Å². The molecule has 1 heterocycles. The molecule has 1 atom stereocenters. The van der Waals surface area contributed by atoms with Crippen molar-refractivity contribution in [2.24, 2.45) is 0 Å². The fourth-order valence-electron chi connectivity index (χ4n) is 2.15. The van der Waals surface area contributed by atoms with Gasteiger partial charge in [-0.25, -0.2) is 13.8 Å². The van der Waals surface area contributed by atoms with Crippen molar-refractivity contribution in [1.29, 1.82) is 0 Å². The maximum atomic E-state index is 13.7. The molecular weight excluding hydrogens is 260 g/mol. The molecule has 0 spiro atoms. The van der Waals surface area contributed by atoms with Gasteiger partial charge < -0.3 is 9.88 Å². The standard InChI is InChI=1S/C15H19F2N3/c1-10(2)20-9-18-7-13(20)8-19-11(3)14-5-4-12(16)6-15(14)17/h4-7,9-11,19H,8H2,1-3H3. The SMILES string of the molecule is CC(NCc1cncn1C(C)C)c1ccc(F)cc1F. The lowest BCUT2D eigenvalue weighted by Crippen LogP contribution is -2.21. The zero-order valence-corrected chi connectivity index (χ0v) is 11.9. The van der Waals surface area contributed by atoms with E-state index in [1.54, 1.807) is 12.5 Å². The Morgan fingerprint density at radius 3 is 2.65 bits per heavy atom. The summed E-state index contributed by atoms with van der Waals surface area (Å²) in [5.74, 6) is -1.08. The van der Waals surface area contributed by atoms with Gasteiger partial charge >= 0.3 is 0 Å². The summed E-state index contributed by atoms with van der Waals surface area (Å²) >= 11 is 0. The second kappa shape index (κ2) is 6.13. The molecule has 0 amide bonds. The van der Waals surface area contributed by atoms with Crippen LogP contribution in [0.4, 0.5) is 8.78 Å². The number of halogens is 2. The first-order valence-corrected chi connectivity index (χ1v) is 6.68. The van der Waals surface area contributed by atoms with Crippen LogP contribution >= 0.6 is 0 Å². The molecule has 0 bridgehead atoms. The van der Waals surface area contributed by atoms with Crippen molar-refractivity contribution in [3.8, 4) is 0 Å². The topological polar surface area (TPSA) is 29.9 Å². The van der Waals surface area contributed by atoms with Crippen LogP contribution in [0, 0.1) is 11.6 Å². The minimum Gasteiger partial charge on any atom is -0.331 e. The van der Waals surface area contributed by atoms with Crippen molar-refractivity contribution >= 4 is 0 Å². The van der Waals surface area contributed by atoms with Crippen molar-refractivity contribution in [1.82, 2.24) is 14.9 Å². The number of rotatable bonds is 5. The summed E-state index contributed by atoms with van der Waals surface area (Å²) in [4.78, 5) is 4.12. The second-order valence-corrected chi connectivity index (χ2v) is 5.15. The molecule has 1 N–H and O–H groups in total. The molecule has 0 fully saturated rings. The average molecular weight is 279 g/mol. The maximum Gasteiger partial charge on any atom is 0.130 e. The lowest BCUT2D eigenvalue weighted by Gasteiger charge is -2.17. The summed E-state index contributed by atoms with van der Waals surface area (Å²) in [7, 11) is 0. The number of benzene rings is 1. The Bertz CT molecular complexity index is 578. The fourth-order valence-corrected chi connectivity index (χ4v) is 2.15. The Kier molecular flexibility index (Phi) is 4.49. The van der Waals surface area contributed by atoms with Crippen LogP contribution in [-0.2, 0) is 6.54 Å². The zero-order valence-electron chi connectivity index (χ0n) is 11.9. The van der Waals surface area contributed by atoms with Gasteiger partial charge in [-0.3, -0.25) is 0 Å². The van der Waals surface area contributed by atoms with Crippen LogP contribution in [0.2, 0.25) is 0 Å². The van der Waals surface area contributed by atoms with Crippen molar-refractivity contribution in [2.75, 3.05) is 0 Å². The normalized spacial score (nSPS) is 12.9. The number of aromatic nitrogens is 2. The van der Waals surface area contributed by atoms with Gasteiger partial charge in [0.15, 0.2) is 0 Å². The number of hydrogen-bond acceptors (Lipinski definition) is 2. The third kappa shape index (κ3) is 3.22. The molecule has 20 heavy (non-hydrogen) atoms. The van der Waals surface area contributed by atoms with E-state index in [0.29, 0.717) is 18.2 Å². The van der Waals surface area contributed by atoms with E-state index in [4.69, 9.17) is 0 Å². The maximum absolute atomic E-state index is 13.7. The predicted molar refractivity (Wildman–Crippen MR) is 74.2 cm³/mol. The summed E-state index contributed by atoms with van der Waals surface area (Å²) in [6.45, 7) is 6.59. The monoisotopic (exact) mass is 279 g/mol. The number of nitrogens with one attached hydrogen (secondary N) is 1. The van der Waals surface area contributed by atoms with Crippen molar-refractivity contribution in [3.05, 3.63) is 53.6 Å². The van der Waals surface area contributed by atoms with Crippen LogP contribution in [0.3, 0.4) is 0 Å². The Hall–Kier alpha value is -1.75. The van der Waals surface area contributed by atoms with E-state index in [9.17, 15) is 8.78 Å². The van der Waals surface area contributed by atoms with E-state index in [1.165, 1.54) is 12.1 Å². The highest BCUT2D eigenvalue weighted by molar-refractivity contribution is 5.21. The zero-order chi connectivity index (χ0) is 14.7. The van der Waals surface area contributed by atoms with Gasteiger partial charge in [-0.05, 0) is 26.8 Å². The fraction of sp³-hybridized carbons (Fsp3) is 0.400. The molecule has 0 radical (unpaired) electrons. The molecule has 1 aromatic heterocycles. The van der Waals surface area contributed by atoms with Gasteiger partial charge in [0, 0.05) is 36.5 Å². The Morgan fingerprint density at radius 1 is 1.25 bits per heavy atom. The molecule has 0 saturated heterocycles. The van der Waals surface area contributed by atoms with Gasteiger partial charge in [0.05, 0.1) is 12.0 Å². The summed E-state index contributed by atoms with van der Waals surface area (Å²) in [6, 6.07) is 3.78. The molecular formula is C15H19F2N3. The molecule has 1 unspecified atom stereocenters. The molecule has 0 aliphatic carbocycles. The molecule has 108 valence electrons. The van der Waals surface area contributed by atoms with Crippen molar-refractivity contribution < 1.29 is 8.78 Å². The van der Waals surface area contributed by atoms with Crippen LogP contribution < -0.4 is 5.32 Å². The first kappa shape index (κ1) is 14.7.